The summed E-state index contributed by atoms with van der Waals surface area (Å²) in [6.07, 6.45) is -3.32. The topological polar surface area (TPSA) is 107 Å². The minimum atomic E-state index is -5.04. The predicted octanol–water partition coefficient (Wildman–Crippen LogP) is 2.54. The van der Waals surface area contributed by atoms with Crippen molar-refractivity contribution in [3.8, 4) is 0 Å². The Labute approximate surface area is 148 Å². The zero-order valence-corrected chi connectivity index (χ0v) is 14.5. The van der Waals surface area contributed by atoms with E-state index in [1.54, 1.807) is 0 Å². The minimum absolute atomic E-state index is 0. The number of non-ortho nitro benzene ring substituents is 1. The van der Waals surface area contributed by atoms with Gasteiger partial charge >= 0.3 is 6.18 Å². The van der Waals surface area contributed by atoms with Crippen LogP contribution in [0.15, 0.2) is 23.1 Å². The fourth-order valence-electron chi connectivity index (χ4n) is 2.73. The second-order valence-electron chi connectivity index (χ2n) is 5.44. The maximum Gasteiger partial charge on any atom is 0.417 e. The molecule has 0 aliphatic carbocycles. The van der Waals surface area contributed by atoms with Gasteiger partial charge in [-0.1, -0.05) is 6.42 Å². The standard InChI is InChI=1S/C13H16F3N3O4S.ClH/c14-13(15,16)11-7-9(19(20)21)4-5-12(11)24(22,23)18-6-2-1-3-10(18)8-17;/h4-5,7,10H,1-3,6,8,17H2;1H. The van der Waals surface area contributed by atoms with E-state index in [1.165, 1.54) is 0 Å². The number of halogens is 4. The summed E-state index contributed by atoms with van der Waals surface area (Å²) in [4.78, 5) is 8.71. The quantitative estimate of drug-likeness (QED) is 0.614. The van der Waals surface area contributed by atoms with Crippen LogP contribution >= 0.6 is 12.4 Å². The first-order valence-corrected chi connectivity index (χ1v) is 8.60. The highest BCUT2D eigenvalue weighted by Crippen LogP contribution is 2.38. The van der Waals surface area contributed by atoms with Crippen molar-refractivity contribution in [2.45, 2.75) is 36.4 Å². The Balaban J connectivity index is 0.00000312. The Kier molecular flexibility index (Phi) is 6.79. The summed E-state index contributed by atoms with van der Waals surface area (Å²) in [6, 6.07) is 1.05. The van der Waals surface area contributed by atoms with Crippen molar-refractivity contribution in [3.05, 3.63) is 33.9 Å². The van der Waals surface area contributed by atoms with Gasteiger partial charge < -0.3 is 5.73 Å². The number of nitrogens with two attached hydrogens (primary N) is 1. The van der Waals surface area contributed by atoms with E-state index in [9.17, 15) is 31.7 Å². The second-order valence-corrected chi connectivity index (χ2v) is 7.30. The van der Waals surface area contributed by atoms with Crippen LogP contribution in [0.1, 0.15) is 24.8 Å². The van der Waals surface area contributed by atoms with Gasteiger partial charge in [-0.3, -0.25) is 10.1 Å². The molecule has 1 aliphatic heterocycles. The lowest BCUT2D eigenvalue weighted by molar-refractivity contribution is -0.385. The molecule has 0 amide bonds. The third kappa shape index (κ3) is 4.40. The first-order valence-electron chi connectivity index (χ1n) is 7.16. The molecule has 2 rings (SSSR count). The van der Waals surface area contributed by atoms with Crippen molar-refractivity contribution in [3.63, 3.8) is 0 Å². The molecule has 1 aromatic carbocycles. The van der Waals surface area contributed by atoms with E-state index in [-0.39, 0.29) is 31.6 Å². The van der Waals surface area contributed by atoms with Crippen LogP contribution in [0.5, 0.6) is 0 Å². The molecular weight excluding hydrogens is 387 g/mol. The lowest BCUT2D eigenvalue weighted by atomic mass is 10.1. The molecule has 0 spiro atoms. The number of alkyl halides is 3. The third-order valence-corrected chi connectivity index (χ3v) is 5.92. The summed E-state index contributed by atoms with van der Waals surface area (Å²) in [6.45, 7) is 0.0616. The van der Waals surface area contributed by atoms with E-state index >= 15 is 0 Å². The summed E-state index contributed by atoms with van der Waals surface area (Å²) in [7, 11) is -4.47. The van der Waals surface area contributed by atoms with Crippen molar-refractivity contribution in [1.82, 2.24) is 4.31 Å². The number of benzene rings is 1. The predicted molar refractivity (Wildman–Crippen MR) is 85.9 cm³/mol. The highest BCUT2D eigenvalue weighted by Gasteiger charge is 2.42. The Bertz CT molecular complexity index is 743. The first-order chi connectivity index (χ1) is 11.1. The number of hydrogen-bond donors (Lipinski definition) is 1. The molecule has 142 valence electrons. The van der Waals surface area contributed by atoms with Gasteiger partial charge in [0.15, 0.2) is 0 Å². The number of piperidine rings is 1. The summed E-state index contributed by atoms with van der Waals surface area (Å²) >= 11 is 0. The van der Waals surface area contributed by atoms with Gasteiger partial charge in [-0.2, -0.15) is 17.5 Å². The average molecular weight is 404 g/mol. The van der Waals surface area contributed by atoms with Gasteiger partial charge in [0, 0.05) is 31.3 Å². The molecule has 0 bridgehead atoms. The Morgan fingerprint density at radius 3 is 2.48 bits per heavy atom. The van der Waals surface area contributed by atoms with Crippen LogP contribution in [0.25, 0.3) is 0 Å². The molecule has 7 nitrogen and oxygen atoms in total. The minimum Gasteiger partial charge on any atom is -0.329 e. The summed E-state index contributed by atoms with van der Waals surface area (Å²) in [5, 5.41) is 10.7. The molecule has 0 saturated carbocycles. The van der Waals surface area contributed by atoms with E-state index in [1.807, 2.05) is 0 Å². The molecule has 1 fully saturated rings. The normalized spacial score (nSPS) is 19.3. The molecular formula is C13H17ClF3N3O4S. The molecule has 1 aromatic rings. The molecule has 25 heavy (non-hydrogen) atoms. The largest absolute Gasteiger partial charge is 0.417 e. The van der Waals surface area contributed by atoms with Crippen LogP contribution in [0.3, 0.4) is 0 Å². The number of rotatable bonds is 4. The summed E-state index contributed by atoms with van der Waals surface area (Å²) in [5.41, 5.74) is 3.17. The van der Waals surface area contributed by atoms with Gasteiger partial charge in [-0.25, -0.2) is 8.42 Å². The van der Waals surface area contributed by atoms with Crippen LogP contribution in [0.4, 0.5) is 18.9 Å². The maximum atomic E-state index is 13.2. The molecule has 1 atom stereocenters. The Morgan fingerprint density at radius 1 is 1.32 bits per heavy atom. The number of nitrogens with zero attached hydrogens (tertiary/aromatic N) is 2. The highest BCUT2D eigenvalue weighted by molar-refractivity contribution is 7.89. The van der Waals surface area contributed by atoms with Crippen molar-refractivity contribution >= 4 is 28.1 Å². The maximum absolute atomic E-state index is 13.2. The molecule has 1 aliphatic rings. The average Bonchev–Trinajstić information content (AvgIpc) is 2.53. The first kappa shape index (κ1) is 21.6. The zero-order valence-electron chi connectivity index (χ0n) is 12.9. The number of sulfonamides is 1. The van der Waals surface area contributed by atoms with Gasteiger partial charge in [0.25, 0.3) is 5.69 Å². The van der Waals surface area contributed by atoms with Crippen LogP contribution < -0.4 is 5.73 Å². The number of nitro groups is 1. The van der Waals surface area contributed by atoms with E-state index in [2.05, 4.69) is 0 Å². The van der Waals surface area contributed by atoms with Crippen molar-refractivity contribution < 1.29 is 26.5 Å². The number of nitro benzene ring substituents is 1. The molecule has 0 radical (unpaired) electrons. The molecule has 1 saturated heterocycles. The van der Waals surface area contributed by atoms with Gasteiger partial charge in [0.2, 0.25) is 10.0 Å². The summed E-state index contributed by atoms with van der Waals surface area (Å²) < 4.78 is 66.1. The molecule has 2 N–H and O–H groups in total. The lowest BCUT2D eigenvalue weighted by Gasteiger charge is -2.34. The van der Waals surface area contributed by atoms with E-state index in [0.29, 0.717) is 18.9 Å². The highest BCUT2D eigenvalue weighted by atomic mass is 35.5. The SMILES string of the molecule is Cl.NCC1CCCCN1S(=O)(=O)c1ccc([N+](=O)[O-])cc1C(F)(F)F. The van der Waals surface area contributed by atoms with Crippen molar-refractivity contribution in [2.75, 3.05) is 13.1 Å². The third-order valence-electron chi connectivity index (χ3n) is 3.91. The molecule has 12 heteroatoms. The van der Waals surface area contributed by atoms with Crippen LogP contribution in [0.2, 0.25) is 0 Å². The second kappa shape index (κ2) is 7.85. The van der Waals surface area contributed by atoms with Crippen molar-refractivity contribution in [1.29, 1.82) is 0 Å². The van der Waals surface area contributed by atoms with E-state index in [0.717, 1.165) is 16.8 Å². The van der Waals surface area contributed by atoms with E-state index < -0.39 is 43.3 Å². The van der Waals surface area contributed by atoms with E-state index in [4.69, 9.17) is 5.73 Å². The fraction of sp³-hybridized carbons (Fsp3) is 0.538. The van der Waals surface area contributed by atoms with Crippen LogP contribution in [0, 0.1) is 10.1 Å². The van der Waals surface area contributed by atoms with Crippen LogP contribution in [-0.2, 0) is 16.2 Å². The van der Waals surface area contributed by atoms with Gasteiger partial charge in [0.1, 0.15) is 0 Å². The monoisotopic (exact) mass is 403 g/mol. The Hall–Kier alpha value is -1.43. The number of hydrogen-bond acceptors (Lipinski definition) is 5. The van der Waals surface area contributed by atoms with Crippen molar-refractivity contribution in [2.24, 2.45) is 5.73 Å². The van der Waals surface area contributed by atoms with Crippen LogP contribution in [-0.4, -0.2) is 36.8 Å². The molecule has 1 heterocycles. The van der Waals surface area contributed by atoms with Gasteiger partial charge in [-0.05, 0) is 18.9 Å². The van der Waals surface area contributed by atoms with Gasteiger partial charge in [0.05, 0.1) is 15.4 Å². The summed E-state index contributed by atoms with van der Waals surface area (Å²) in [5.74, 6) is 0. The Morgan fingerprint density at radius 2 is 1.96 bits per heavy atom. The molecule has 0 aromatic heterocycles. The smallest absolute Gasteiger partial charge is 0.329 e. The lowest BCUT2D eigenvalue weighted by Crippen LogP contribution is -2.47. The zero-order chi connectivity index (χ0) is 18.1. The fourth-order valence-corrected chi connectivity index (χ4v) is 4.63. The van der Waals surface area contributed by atoms with Gasteiger partial charge in [-0.15, -0.1) is 12.4 Å². The molecule has 1 unspecified atom stereocenters.